The summed E-state index contributed by atoms with van der Waals surface area (Å²) in [5.74, 6) is 1.79. The number of likely N-dealkylation sites (N-methyl/N-ethyl adjacent to an activating group) is 1. The number of rotatable bonds is 4. The Balaban J connectivity index is 2.36. The van der Waals surface area contributed by atoms with Crippen molar-refractivity contribution in [2.45, 2.75) is 45.6 Å². The molecule has 1 unspecified atom stereocenters. The maximum atomic E-state index is 3.91. The Labute approximate surface area is 82.6 Å². The second kappa shape index (κ2) is 5.43. The molecule has 0 aromatic carbocycles. The van der Waals surface area contributed by atoms with Crippen molar-refractivity contribution < 1.29 is 0 Å². The maximum absolute atomic E-state index is 3.91. The molecule has 1 fully saturated rings. The van der Waals surface area contributed by atoms with Gasteiger partial charge in [-0.3, -0.25) is 0 Å². The average Bonchev–Trinajstić information content (AvgIpc) is 2.16. The van der Waals surface area contributed by atoms with Gasteiger partial charge >= 0.3 is 0 Å². The summed E-state index contributed by atoms with van der Waals surface area (Å²) < 4.78 is 0. The van der Waals surface area contributed by atoms with E-state index < -0.39 is 0 Å². The Kier molecular flexibility index (Phi) is 4.51. The van der Waals surface area contributed by atoms with Gasteiger partial charge in [-0.05, 0) is 31.2 Å². The Hall–Kier alpha value is -0.300. The van der Waals surface area contributed by atoms with Crippen molar-refractivity contribution in [2.75, 3.05) is 6.54 Å². The Morgan fingerprint density at radius 1 is 1.38 bits per heavy atom. The van der Waals surface area contributed by atoms with Crippen LogP contribution in [-0.4, -0.2) is 12.6 Å². The van der Waals surface area contributed by atoms with Gasteiger partial charge in [0.15, 0.2) is 0 Å². The minimum Gasteiger partial charge on any atom is -0.311 e. The van der Waals surface area contributed by atoms with Gasteiger partial charge in [-0.2, -0.15) is 0 Å². The van der Waals surface area contributed by atoms with Gasteiger partial charge in [0.25, 0.3) is 0 Å². The van der Waals surface area contributed by atoms with Crippen molar-refractivity contribution in [3.05, 3.63) is 12.7 Å². The smallest absolute Gasteiger partial charge is 0.0275 e. The van der Waals surface area contributed by atoms with Crippen LogP contribution in [-0.2, 0) is 0 Å². The van der Waals surface area contributed by atoms with Crippen LogP contribution in [0.25, 0.3) is 0 Å². The molecule has 1 N–H and O–H groups in total. The minimum absolute atomic E-state index is 0.553. The zero-order valence-corrected chi connectivity index (χ0v) is 9.05. The molecule has 0 aliphatic heterocycles. The molecule has 0 saturated heterocycles. The first-order chi connectivity index (χ1) is 6.27. The highest BCUT2D eigenvalue weighted by molar-refractivity contribution is 4.92. The summed E-state index contributed by atoms with van der Waals surface area (Å²) in [4.78, 5) is 0. The quantitative estimate of drug-likeness (QED) is 0.657. The standard InChI is InChI=1S/C12H23N/c1-4-12(13-5-2)11-8-6-10(3)7-9-11/h4,10-13H,1,5-9H2,2-3H3. The Morgan fingerprint density at radius 3 is 2.46 bits per heavy atom. The lowest BCUT2D eigenvalue weighted by atomic mass is 9.79. The van der Waals surface area contributed by atoms with E-state index in [1.165, 1.54) is 25.7 Å². The van der Waals surface area contributed by atoms with Gasteiger partial charge in [0.1, 0.15) is 0 Å². The Morgan fingerprint density at radius 2 is 2.00 bits per heavy atom. The molecule has 1 nitrogen and oxygen atoms in total. The lowest BCUT2D eigenvalue weighted by molar-refractivity contribution is 0.254. The molecule has 0 aromatic heterocycles. The fraction of sp³-hybridized carbons (Fsp3) is 0.833. The summed E-state index contributed by atoms with van der Waals surface area (Å²) >= 11 is 0. The first kappa shape index (κ1) is 10.8. The van der Waals surface area contributed by atoms with Gasteiger partial charge in [0, 0.05) is 6.04 Å². The van der Waals surface area contributed by atoms with E-state index in [0.29, 0.717) is 6.04 Å². The topological polar surface area (TPSA) is 12.0 Å². The largest absolute Gasteiger partial charge is 0.311 e. The molecular formula is C12H23N. The van der Waals surface area contributed by atoms with E-state index in [1.807, 2.05) is 0 Å². The average molecular weight is 181 g/mol. The number of hydrogen-bond acceptors (Lipinski definition) is 1. The first-order valence-electron chi connectivity index (χ1n) is 5.63. The van der Waals surface area contributed by atoms with Crippen molar-refractivity contribution in [1.29, 1.82) is 0 Å². The summed E-state index contributed by atoms with van der Waals surface area (Å²) in [5, 5.41) is 3.50. The highest BCUT2D eigenvalue weighted by Crippen LogP contribution is 2.30. The minimum atomic E-state index is 0.553. The van der Waals surface area contributed by atoms with Gasteiger partial charge in [-0.15, -0.1) is 6.58 Å². The summed E-state index contributed by atoms with van der Waals surface area (Å²) in [7, 11) is 0. The predicted octanol–water partition coefficient (Wildman–Crippen LogP) is 2.98. The summed E-state index contributed by atoms with van der Waals surface area (Å²) in [6.45, 7) is 9.51. The molecule has 1 saturated carbocycles. The van der Waals surface area contributed by atoms with Crippen molar-refractivity contribution in [3.8, 4) is 0 Å². The summed E-state index contributed by atoms with van der Waals surface area (Å²) in [6.07, 6.45) is 7.65. The molecule has 76 valence electrons. The third-order valence-corrected chi connectivity index (χ3v) is 3.26. The fourth-order valence-corrected chi connectivity index (χ4v) is 2.32. The first-order valence-corrected chi connectivity index (χ1v) is 5.63. The van der Waals surface area contributed by atoms with Crippen LogP contribution in [0.2, 0.25) is 0 Å². The van der Waals surface area contributed by atoms with E-state index in [1.54, 1.807) is 0 Å². The molecule has 0 amide bonds. The van der Waals surface area contributed by atoms with Crippen LogP contribution in [0.1, 0.15) is 39.5 Å². The predicted molar refractivity (Wildman–Crippen MR) is 58.8 cm³/mol. The van der Waals surface area contributed by atoms with Crippen LogP contribution in [0, 0.1) is 11.8 Å². The summed E-state index contributed by atoms with van der Waals surface area (Å²) in [5.41, 5.74) is 0. The molecule has 1 heteroatoms. The SMILES string of the molecule is C=CC(NCC)C1CCC(C)CC1. The van der Waals surface area contributed by atoms with E-state index in [0.717, 1.165) is 18.4 Å². The van der Waals surface area contributed by atoms with E-state index >= 15 is 0 Å². The molecule has 0 bridgehead atoms. The van der Waals surface area contributed by atoms with E-state index in [4.69, 9.17) is 0 Å². The molecule has 0 radical (unpaired) electrons. The van der Waals surface area contributed by atoms with Gasteiger partial charge < -0.3 is 5.32 Å². The molecule has 0 heterocycles. The highest BCUT2D eigenvalue weighted by atomic mass is 14.9. The maximum Gasteiger partial charge on any atom is 0.0275 e. The molecular weight excluding hydrogens is 158 g/mol. The number of nitrogens with one attached hydrogen (secondary N) is 1. The van der Waals surface area contributed by atoms with Crippen LogP contribution in [0.5, 0.6) is 0 Å². The zero-order chi connectivity index (χ0) is 9.68. The zero-order valence-electron chi connectivity index (χ0n) is 9.05. The van der Waals surface area contributed by atoms with Crippen LogP contribution in [0.3, 0.4) is 0 Å². The fourth-order valence-electron chi connectivity index (χ4n) is 2.32. The van der Waals surface area contributed by atoms with Crippen LogP contribution >= 0.6 is 0 Å². The molecule has 0 aromatic rings. The van der Waals surface area contributed by atoms with E-state index in [2.05, 4.69) is 31.8 Å². The highest BCUT2D eigenvalue weighted by Gasteiger charge is 2.23. The van der Waals surface area contributed by atoms with E-state index in [-0.39, 0.29) is 0 Å². The molecule has 1 rings (SSSR count). The third-order valence-electron chi connectivity index (χ3n) is 3.26. The lowest BCUT2D eigenvalue weighted by Gasteiger charge is -2.31. The normalized spacial score (nSPS) is 31.2. The van der Waals surface area contributed by atoms with Gasteiger partial charge in [-0.25, -0.2) is 0 Å². The lowest BCUT2D eigenvalue weighted by Crippen LogP contribution is -2.36. The Bertz CT molecular complexity index is 145. The molecule has 13 heavy (non-hydrogen) atoms. The summed E-state index contributed by atoms with van der Waals surface area (Å²) in [6, 6.07) is 0.553. The molecule has 0 spiro atoms. The molecule has 1 atom stereocenters. The van der Waals surface area contributed by atoms with E-state index in [9.17, 15) is 0 Å². The van der Waals surface area contributed by atoms with Crippen molar-refractivity contribution >= 4 is 0 Å². The van der Waals surface area contributed by atoms with Gasteiger partial charge in [0.2, 0.25) is 0 Å². The van der Waals surface area contributed by atoms with Crippen molar-refractivity contribution in [1.82, 2.24) is 5.32 Å². The van der Waals surface area contributed by atoms with Gasteiger partial charge in [-0.1, -0.05) is 32.8 Å². The van der Waals surface area contributed by atoms with Crippen molar-refractivity contribution in [3.63, 3.8) is 0 Å². The second-order valence-corrected chi connectivity index (χ2v) is 4.34. The monoisotopic (exact) mass is 181 g/mol. The second-order valence-electron chi connectivity index (χ2n) is 4.34. The number of hydrogen-bond donors (Lipinski definition) is 1. The van der Waals surface area contributed by atoms with Crippen LogP contribution in [0.15, 0.2) is 12.7 Å². The van der Waals surface area contributed by atoms with Gasteiger partial charge in [0.05, 0.1) is 0 Å². The van der Waals surface area contributed by atoms with Crippen LogP contribution < -0.4 is 5.32 Å². The molecule has 1 aliphatic rings. The van der Waals surface area contributed by atoms with Crippen LogP contribution in [0.4, 0.5) is 0 Å². The third kappa shape index (κ3) is 3.15. The molecule has 1 aliphatic carbocycles. The van der Waals surface area contributed by atoms with Crippen molar-refractivity contribution in [2.24, 2.45) is 11.8 Å².